The van der Waals surface area contributed by atoms with Crippen molar-refractivity contribution in [3.63, 3.8) is 0 Å². The van der Waals surface area contributed by atoms with Gasteiger partial charge in [0.05, 0.1) is 7.85 Å². The molecule has 0 heterocycles. The van der Waals surface area contributed by atoms with Gasteiger partial charge < -0.3 is 5.11 Å². The molecule has 0 saturated heterocycles. The topological polar surface area (TPSA) is 20.2 Å². The Morgan fingerprint density at radius 2 is 2.13 bits per heavy atom. The van der Waals surface area contributed by atoms with E-state index in [9.17, 15) is 5.11 Å². The molecule has 2 atom stereocenters. The van der Waals surface area contributed by atoms with E-state index >= 15 is 0 Å². The first-order valence-electron chi connectivity index (χ1n) is 8.82. The Bertz CT molecular complexity index is 602. The minimum Gasteiger partial charge on any atom is -0.508 e. The van der Waals surface area contributed by atoms with E-state index in [1.54, 1.807) is 0 Å². The minimum atomic E-state index is -0.472. The van der Waals surface area contributed by atoms with Crippen LogP contribution < -0.4 is 0 Å². The van der Waals surface area contributed by atoms with Gasteiger partial charge in [0.25, 0.3) is 0 Å². The standard InChI is InChI=1S/C21H29BO/c1-5-6-7-8-17-9-10-18(20(23)14-17)19-13-16(4)11-12-21(19,22)15(2)3/h9-10,13-14,19,23H,2,5-8,11-12H2,1,3-4H3/t19-,21?/m0/s1. The number of hydrogen-bond acceptors (Lipinski definition) is 1. The van der Waals surface area contributed by atoms with E-state index in [1.807, 2.05) is 13.0 Å². The molecule has 1 aromatic carbocycles. The second-order valence-electron chi connectivity index (χ2n) is 7.16. The molecule has 1 aromatic rings. The lowest BCUT2D eigenvalue weighted by molar-refractivity contribution is 0.444. The van der Waals surface area contributed by atoms with Gasteiger partial charge in [-0.15, -0.1) is 6.58 Å². The molecule has 0 spiro atoms. The molecule has 0 fully saturated rings. The second-order valence-corrected chi connectivity index (χ2v) is 7.16. The largest absolute Gasteiger partial charge is 0.508 e. The van der Waals surface area contributed by atoms with E-state index in [-0.39, 0.29) is 5.92 Å². The summed E-state index contributed by atoms with van der Waals surface area (Å²) < 4.78 is 0. The van der Waals surface area contributed by atoms with Crippen molar-refractivity contribution in [2.45, 2.75) is 70.5 Å². The fourth-order valence-corrected chi connectivity index (χ4v) is 3.51. The predicted octanol–water partition coefficient (Wildman–Crippen LogP) is 5.85. The van der Waals surface area contributed by atoms with Crippen molar-refractivity contribution >= 4 is 7.85 Å². The van der Waals surface area contributed by atoms with E-state index in [2.05, 4.69) is 38.6 Å². The van der Waals surface area contributed by atoms with E-state index in [0.29, 0.717) is 5.75 Å². The second kappa shape index (κ2) is 7.42. The van der Waals surface area contributed by atoms with Gasteiger partial charge in [-0.2, -0.15) is 0 Å². The van der Waals surface area contributed by atoms with Crippen molar-refractivity contribution in [1.82, 2.24) is 0 Å². The van der Waals surface area contributed by atoms with Gasteiger partial charge in [0, 0.05) is 11.5 Å². The van der Waals surface area contributed by atoms with Crippen LogP contribution in [-0.2, 0) is 6.42 Å². The summed E-state index contributed by atoms with van der Waals surface area (Å²) in [7, 11) is 6.69. The molecule has 2 radical (unpaired) electrons. The third kappa shape index (κ3) is 3.91. The summed E-state index contributed by atoms with van der Waals surface area (Å²) in [4.78, 5) is 0. The maximum absolute atomic E-state index is 10.6. The number of phenols is 1. The number of benzene rings is 1. The molecular formula is C21H29BO. The summed E-state index contributed by atoms with van der Waals surface area (Å²) in [6.45, 7) is 10.5. The van der Waals surface area contributed by atoms with E-state index in [1.165, 1.54) is 30.4 Å². The third-order valence-electron chi connectivity index (χ3n) is 5.23. The summed E-state index contributed by atoms with van der Waals surface area (Å²) in [5.41, 5.74) is 4.45. The zero-order valence-electron chi connectivity index (χ0n) is 14.9. The van der Waals surface area contributed by atoms with Crippen LogP contribution in [0.4, 0.5) is 0 Å². The lowest BCUT2D eigenvalue weighted by Gasteiger charge is -2.42. The highest BCUT2D eigenvalue weighted by Crippen LogP contribution is 2.55. The van der Waals surface area contributed by atoms with Crippen molar-refractivity contribution in [3.05, 3.63) is 53.1 Å². The lowest BCUT2D eigenvalue weighted by atomic mass is 9.51. The molecule has 2 heteroatoms. The first kappa shape index (κ1) is 17.9. The van der Waals surface area contributed by atoms with Crippen molar-refractivity contribution in [3.8, 4) is 5.75 Å². The van der Waals surface area contributed by atoms with E-state index in [4.69, 9.17) is 7.85 Å². The fourth-order valence-electron chi connectivity index (χ4n) is 3.51. The van der Waals surface area contributed by atoms with Gasteiger partial charge in [-0.05, 0) is 56.5 Å². The first-order chi connectivity index (χ1) is 10.9. The van der Waals surface area contributed by atoms with Crippen LogP contribution in [0.5, 0.6) is 5.75 Å². The summed E-state index contributed by atoms with van der Waals surface area (Å²) in [5.74, 6) is 0.365. The quantitative estimate of drug-likeness (QED) is 0.397. The average Bonchev–Trinajstić information content (AvgIpc) is 2.50. The Kier molecular flexibility index (Phi) is 5.78. The third-order valence-corrected chi connectivity index (χ3v) is 5.23. The molecule has 0 saturated carbocycles. The highest BCUT2D eigenvalue weighted by molar-refractivity contribution is 6.18. The number of aryl methyl sites for hydroxylation is 1. The van der Waals surface area contributed by atoms with Crippen LogP contribution in [-0.4, -0.2) is 13.0 Å². The summed E-state index contributed by atoms with van der Waals surface area (Å²) in [6.07, 6.45) is 8.73. The van der Waals surface area contributed by atoms with Crippen LogP contribution in [0.3, 0.4) is 0 Å². The van der Waals surface area contributed by atoms with Crippen molar-refractivity contribution in [2.24, 2.45) is 0 Å². The molecule has 1 nitrogen and oxygen atoms in total. The zero-order chi connectivity index (χ0) is 17.0. The van der Waals surface area contributed by atoms with Gasteiger partial charge in [-0.3, -0.25) is 0 Å². The molecule has 23 heavy (non-hydrogen) atoms. The average molecular weight is 308 g/mol. The Morgan fingerprint density at radius 3 is 2.74 bits per heavy atom. The highest BCUT2D eigenvalue weighted by atomic mass is 16.3. The normalized spacial score (nSPS) is 24.3. The molecule has 0 amide bonds. The molecular weight excluding hydrogens is 279 g/mol. The van der Waals surface area contributed by atoms with Gasteiger partial charge in [-0.25, -0.2) is 0 Å². The smallest absolute Gasteiger partial charge is 0.119 e. The van der Waals surface area contributed by atoms with Gasteiger partial charge >= 0.3 is 0 Å². The van der Waals surface area contributed by atoms with Gasteiger partial charge in [-0.1, -0.05) is 49.1 Å². The van der Waals surface area contributed by atoms with Crippen LogP contribution in [0.1, 0.15) is 69.9 Å². The van der Waals surface area contributed by atoms with Crippen LogP contribution in [0, 0.1) is 0 Å². The number of unbranched alkanes of at least 4 members (excludes halogenated alkanes) is 2. The Balaban J connectivity index is 2.31. The summed E-state index contributed by atoms with van der Waals surface area (Å²) in [6, 6.07) is 6.11. The first-order valence-corrected chi connectivity index (χ1v) is 8.82. The molecule has 1 N–H and O–H groups in total. The van der Waals surface area contributed by atoms with Crippen LogP contribution >= 0.6 is 0 Å². The molecule has 1 aliphatic carbocycles. The van der Waals surface area contributed by atoms with Gasteiger partial charge in [0.15, 0.2) is 0 Å². The highest BCUT2D eigenvalue weighted by Gasteiger charge is 2.37. The van der Waals surface area contributed by atoms with Gasteiger partial charge in [0.1, 0.15) is 5.75 Å². The molecule has 122 valence electrons. The predicted molar refractivity (Wildman–Crippen MR) is 100 cm³/mol. The SMILES string of the molecule is [B]C1(C(=C)C)CCC(C)=C[C@H]1c1ccc(CCCCC)cc1O. The van der Waals surface area contributed by atoms with E-state index < -0.39 is 5.31 Å². The summed E-state index contributed by atoms with van der Waals surface area (Å²) in [5, 5.41) is 10.1. The maximum atomic E-state index is 10.6. The van der Waals surface area contributed by atoms with Crippen molar-refractivity contribution in [2.75, 3.05) is 0 Å². The number of aromatic hydroxyl groups is 1. The molecule has 1 unspecified atom stereocenters. The molecule has 0 aliphatic heterocycles. The lowest BCUT2D eigenvalue weighted by Crippen LogP contribution is -2.25. The van der Waals surface area contributed by atoms with Crippen molar-refractivity contribution < 1.29 is 5.11 Å². The van der Waals surface area contributed by atoms with Crippen molar-refractivity contribution in [1.29, 1.82) is 0 Å². The van der Waals surface area contributed by atoms with Crippen LogP contribution in [0.25, 0.3) is 0 Å². The fraction of sp³-hybridized carbons (Fsp3) is 0.524. The molecule has 2 rings (SSSR count). The van der Waals surface area contributed by atoms with Gasteiger partial charge in [0.2, 0.25) is 0 Å². The van der Waals surface area contributed by atoms with E-state index in [0.717, 1.165) is 30.4 Å². The number of rotatable bonds is 6. The Labute approximate surface area is 142 Å². The zero-order valence-corrected chi connectivity index (χ0v) is 14.9. The molecule has 0 aromatic heterocycles. The monoisotopic (exact) mass is 308 g/mol. The number of allylic oxidation sites excluding steroid dienone is 3. The Hall–Kier alpha value is -1.44. The maximum Gasteiger partial charge on any atom is 0.119 e. The van der Waals surface area contributed by atoms with Crippen LogP contribution in [0.2, 0.25) is 5.31 Å². The number of hydrogen-bond donors (Lipinski definition) is 1. The Morgan fingerprint density at radius 1 is 1.39 bits per heavy atom. The summed E-state index contributed by atoms with van der Waals surface area (Å²) >= 11 is 0. The van der Waals surface area contributed by atoms with Crippen LogP contribution in [0.15, 0.2) is 42.0 Å². The minimum absolute atomic E-state index is 0.00144. The molecule has 1 aliphatic rings. The number of phenolic OH excluding ortho intramolecular Hbond substituents is 1. The molecule has 0 bridgehead atoms.